The highest BCUT2D eigenvalue weighted by molar-refractivity contribution is 6.30. The van der Waals surface area contributed by atoms with Crippen molar-refractivity contribution in [1.82, 2.24) is 20.5 Å². The molecule has 0 spiro atoms. The van der Waals surface area contributed by atoms with Crippen LogP contribution in [0.25, 0.3) is 11.5 Å². The van der Waals surface area contributed by atoms with Gasteiger partial charge in [-0.15, -0.1) is 10.2 Å². The molecule has 0 aliphatic heterocycles. The lowest BCUT2D eigenvalue weighted by Crippen LogP contribution is -2.25. The number of amides is 1. The molecule has 7 heteroatoms. The molecule has 1 aromatic carbocycles. The number of nitrogens with zero attached hydrogens (tertiary/aromatic N) is 3. The van der Waals surface area contributed by atoms with Gasteiger partial charge in [0, 0.05) is 41.5 Å². The zero-order valence-corrected chi connectivity index (χ0v) is 12.8. The van der Waals surface area contributed by atoms with E-state index in [1.807, 2.05) is 12.1 Å². The molecule has 0 radical (unpaired) electrons. The SMILES string of the molecule is O=C(NCCc1nnc(-c2ccc(Cl)cc2)o1)c1ccncc1. The van der Waals surface area contributed by atoms with E-state index in [0.717, 1.165) is 5.56 Å². The zero-order chi connectivity index (χ0) is 16.1. The number of aromatic nitrogens is 3. The van der Waals surface area contributed by atoms with Crippen molar-refractivity contribution in [1.29, 1.82) is 0 Å². The van der Waals surface area contributed by atoms with Crippen molar-refractivity contribution in [2.75, 3.05) is 6.54 Å². The number of rotatable bonds is 5. The Bertz CT molecular complexity index is 787. The molecule has 6 nitrogen and oxygen atoms in total. The molecule has 3 aromatic rings. The molecule has 1 amide bonds. The Morgan fingerprint density at radius 1 is 1.09 bits per heavy atom. The first-order valence-electron chi connectivity index (χ1n) is 6.99. The first kappa shape index (κ1) is 15.2. The number of hydrogen-bond acceptors (Lipinski definition) is 5. The molecule has 0 aliphatic carbocycles. The third-order valence-electron chi connectivity index (χ3n) is 3.12. The highest BCUT2D eigenvalue weighted by Crippen LogP contribution is 2.20. The van der Waals surface area contributed by atoms with E-state index in [2.05, 4.69) is 20.5 Å². The van der Waals surface area contributed by atoms with Crippen LogP contribution in [0.1, 0.15) is 16.2 Å². The van der Waals surface area contributed by atoms with Crippen LogP contribution in [0.4, 0.5) is 0 Å². The highest BCUT2D eigenvalue weighted by Gasteiger charge is 2.09. The lowest BCUT2D eigenvalue weighted by Gasteiger charge is -2.02. The molecule has 0 bridgehead atoms. The van der Waals surface area contributed by atoms with Crippen LogP contribution in [0, 0.1) is 0 Å². The van der Waals surface area contributed by atoms with Gasteiger partial charge in [-0.1, -0.05) is 11.6 Å². The van der Waals surface area contributed by atoms with Gasteiger partial charge in [-0.3, -0.25) is 9.78 Å². The van der Waals surface area contributed by atoms with Gasteiger partial charge in [0.05, 0.1) is 0 Å². The molecule has 116 valence electrons. The van der Waals surface area contributed by atoms with Gasteiger partial charge in [-0.05, 0) is 36.4 Å². The largest absolute Gasteiger partial charge is 0.421 e. The average molecular weight is 329 g/mol. The van der Waals surface area contributed by atoms with Gasteiger partial charge >= 0.3 is 0 Å². The first-order chi connectivity index (χ1) is 11.2. The van der Waals surface area contributed by atoms with Crippen molar-refractivity contribution < 1.29 is 9.21 Å². The first-order valence-corrected chi connectivity index (χ1v) is 7.37. The number of carbonyl (C=O) groups is 1. The van der Waals surface area contributed by atoms with Crippen LogP contribution in [-0.2, 0) is 6.42 Å². The molecule has 0 saturated carbocycles. The quantitative estimate of drug-likeness (QED) is 0.779. The Morgan fingerprint density at radius 2 is 1.83 bits per heavy atom. The van der Waals surface area contributed by atoms with Crippen molar-refractivity contribution in [2.45, 2.75) is 6.42 Å². The summed E-state index contributed by atoms with van der Waals surface area (Å²) in [5, 5.41) is 11.4. The molecule has 0 saturated heterocycles. The van der Waals surface area contributed by atoms with Crippen LogP contribution in [0.3, 0.4) is 0 Å². The lowest BCUT2D eigenvalue weighted by molar-refractivity contribution is 0.0953. The predicted octanol–water partition coefficient (Wildman–Crippen LogP) is 2.76. The predicted molar refractivity (Wildman–Crippen MR) is 85.0 cm³/mol. The van der Waals surface area contributed by atoms with E-state index in [1.54, 1.807) is 36.7 Å². The number of pyridine rings is 1. The molecular weight excluding hydrogens is 316 g/mol. The van der Waals surface area contributed by atoms with E-state index in [-0.39, 0.29) is 5.91 Å². The number of nitrogens with one attached hydrogen (secondary N) is 1. The normalized spacial score (nSPS) is 10.5. The van der Waals surface area contributed by atoms with Gasteiger partial charge in [0.1, 0.15) is 0 Å². The fourth-order valence-electron chi connectivity index (χ4n) is 1.95. The molecule has 3 rings (SSSR count). The summed E-state index contributed by atoms with van der Waals surface area (Å²) in [7, 11) is 0. The van der Waals surface area contributed by atoms with E-state index >= 15 is 0 Å². The topological polar surface area (TPSA) is 80.9 Å². The van der Waals surface area contributed by atoms with Gasteiger partial charge in [-0.25, -0.2) is 0 Å². The second-order valence-corrected chi connectivity index (χ2v) is 5.19. The number of hydrogen-bond donors (Lipinski definition) is 1. The maximum Gasteiger partial charge on any atom is 0.251 e. The smallest absolute Gasteiger partial charge is 0.251 e. The summed E-state index contributed by atoms with van der Waals surface area (Å²) >= 11 is 5.84. The lowest BCUT2D eigenvalue weighted by atomic mass is 10.2. The molecule has 0 fully saturated rings. The molecule has 1 N–H and O–H groups in total. The van der Waals surface area contributed by atoms with Crippen molar-refractivity contribution >= 4 is 17.5 Å². The average Bonchev–Trinajstić information content (AvgIpc) is 3.05. The van der Waals surface area contributed by atoms with Gasteiger partial charge in [0.25, 0.3) is 5.91 Å². The van der Waals surface area contributed by atoms with E-state index in [1.165, 1.54) is 0 Å². The second-order valence-electron chi connectivity index (χ2n) is 4.75. The van der Waals surface area contributed by atoms with Crippen LogP contribution >= 0.6 is 11.6 Å². The third kappa shape index (κ3) is 3.92. The minimum Gasteiger partial charge on any atom is -0.421 e. The van der Waals surface area contributed by atoms with Gasteiger partial charge in [-0.2, -0.15) is 0 Å². The second kappa shape index (κ2) is 7.02. The van der Waals surface area contributed by atoms with E-state index in [9.17, 15) is 4.79 Å². The molecule has 0 unspecified atom stereocenters. The minimum absolute atomic E-state index is 0.162. The molecule has 0 atom stereocenters. The Morgan fingerprint density at radius 3 is 2.57 bits per heavy atom. The third-order valence-corrected chi connectivity index (χ3v) is 3.38. The van der Waals surface area contributed by atoms with Gasteiger partial charge < -0.3 is 9.73 Å². The number of benzene rings is 1. The Hall–Kier alpha value is -2.73. The molecule has 2 aromatic heterocycles. The standard InChI is InChI=1S/C16H13ClN4O2/c17-13-3-1-12(2-4-13)16-21-20-14(23-16)7-10-19-15(22)11-5-8-18-9-6-11/h1-6,8-9H,7,10H2,(H,19,22). The van der Waals surface area contributed by atoms with Gasteiger partial charge in [0.2, 0.25) is 11.8 Å². The van der Waals surface area contributed by atoms with Crippen molar-refractivity contribution in [3.8, 4) is 11.5 Å². The van der Waals surface area contributed by atoms with Crippen LogP contribution in [-0.4, -0.2) is 27.6 Å². The summed E-state index contributed by atoms with van der Waals surface area (Å²) in [6, 6.07) is 10.4. The zero-order valence-electron chi connectivity index (χ0n) is 12.1. The van der Waals surface area contributed by atoms with Crippen molar-refractivity contribution in [2.24, 2.45) is 0 Å². The summed E-state index contributed by atoms with van der Waals surface area (Å²) in [6.07, 6.45) is 3.61. The monoisotopic (exact) mass is 328 g/mol. The summed E-state index contributed by atoms with van der Waals surface area (Å²) < 4.78 is 5.57. The Balaban J connectivity index is 1.55. The summed E-state index contributed by atoms with van der Waals surface area (Å²) in [5.41, 5.74) is 1.36. The van der Waals surface area contributed by atoms with E-state index < -0.39 is 0 Å². The van der Waals surface area contributed by atoms with Gasteiger partial charge in [0.15, 0.2) is 0 Å². The van der Waals surface area contributed by atoms with E-state index in [4.69, 9.17) is 16.0 Å². The summed E-state index contributed by atoms with van der Waals surface area (Å²) in [6.45, 7) is 0.406. The summed E-state index contributed by atoms with van der Waals surface area (Å²) in [4.78, 5) is 15.7. The van der Waals surface area contributed by atoms with Crippen LogP contribution < -0.4 is 5.32 Å². The van der Waals surface area contributed by atoms with Crippen LogP contribution in [0.2, 0.25) is 5.02 Å². The number of carbonyl (C=O) groups excluding carboxylic acids is 1. The Labute approximate surface area is 137 Å². The molecule has 2 heterocycles. The van der Waals surface area contributed by atoms with Crippen LogP contribution in [0.15, 0.2) is 53.2 Å². The van der Waals surface area contributed by atoms with Crippen LogP contribution in [0.5, 0.6) is 0 Å². The highest BCUT2D eigenvalue weighted by atomic mass is 35.5. The summed E-state index contributed by atoms with van der Waals surface area (Å²) in [5.74, 6) is 0.729. The van der Waals surface area contributed by atoms with Crippen molar-refractivity contribution in [3.05, 3.63) is 65.3 Å². The maximum atomic E-state index is 11.9. The fraction of sp³-hybridized carbons (Fsp3) is 0.125. The molecule has 23 heavy (non-hydrogen) atoms. The molecular formula is C16H13ClN4O2. The minimum atomic E-state index is -0.162. The maximum absolute atomic E-state index is 11.9. The van der Waals surface area contributed by atoms with E-state index in [0.29, 0.717) is 35.3 Å². The molecule has 0 aliphatic rings. The number of halogens is 1. The Kier molecular flexibility index (Phi) is 4.63. The van der Waals surface area contributed by atoms with Crippen molar-refractivity contribution in [3.63, 3.8) is 0 Å². The fourth-order valence-corrected chi connectivity index (χ4v) is 2.08.